The molecule has 0 unspecified atom stereocenters. The predicted molar refractivity (Wildman–Crippen MR) is 101 cm³/mol. The summed E-state index contributed by atoms with van der Waals surface area (Å²) in [6.07, 6.45) is 1.68. The van der Waals surface area contributed by atoms with Gasteiger partial charge in [0.25, 0.3) is 10.0 Å². The number of rotatable bonds is 6. The third kappa shape index (κ3) is 4.09. The summed E-state index contributed by atoms with van der Waals surface area (Å²) in [7, 11) is -4.33. The zero-order valence-corrected chi connectivity index (χ0v) is 15.7. The Hall–Kier alpha value is -3.71. The second-order valence-electron chi connectivity index (χ2n) is 5.96. The van der Waals surface area contributed by atoms with Gasteiger partial charge in [-0.1, -0.05) is 12.1 Å². The van der Waals surface area contributed by atoms with Gasteiger partial charge in [-0.25, -0.2) is 26.6 Å². The molecular formula is C19H15FN4O4S. The summed E-state index contributed by atoms with van der Waals surface area (Å²) >= 11 is 0. The van der Waals surface area contributed by atoms with E-state index < -0.39 is 26.8 Å². The Bertz CT molecular complexity index is 1210. The molecule has 0 saturated heterocycles. The summed E-state index contributed by atoms with van der Waals surface area (Å²) in [5, 5.41) is 20.2. The van der Waals surface area contributed by atoms with E-state index in [-0.39, 0.29) is 29.9 Å². The largest absolute Gasteiger partial charge is 0.465 e. The Kier molecular flexibility index (Phi) is 5.61. The van der Waals surface area contributed by atoms with E-state index >= 15 is 0 Å². The molecule has 0 radical (unpaired) electrons. The fourth-order valence-electron chi connectivity index (χ4n) is 2.80. The summed E-state index contributed by atoms with van der Waals surface area (Å²) in [5.41, 5.74) is 0.878. The highest BCUT2D eigenvalue weighted by atomic mass is 32.2. The van der Waals surface area contributed by atoms with Crippen LogP contribution < -0.4 is 5.32 Å². The molecule has 0 saturated carbocycles. The second-order valence-corrected chi connectivity index (χ2v) is 7.74. The van der Waals surface area contributed by atoms with Gasteiger partial charge in [-0.2, -0.15) is 5.26 Å². The molecule has 10 heteroatoms. The number of nitriles is 1. The molecule has 0 aliphatic carbocycles. The fourth-order valence-corrected chi connectivity index (χ4v) is 4.26. The number of benzene rings is 1. The van der Waals surface area contributed by atoms with Crippen LogP contribution in [0.1, 0.15) is 11.3 Å². The van der Waals surface area contributed by atoms with Crippen molar-refractivity contribution in [3.63, 3.8) is 0 Å². The van der Waals surface area contributed by atoms with Gasteiger partial charge in [0.15, 0.2) is 0 Å². The van der Waals surface area contributed by atoms with E-state index in [0.29, 0.717) is 5.56 Å². The highest BCUT2D eigenvalue weighted by molar-refractivity contribution is 7.90. The monoisotopic (exact) mass is 414 g/mol. The quantitative estimate of drug-likeness (QED) is 0.639. The first-order valence-corrected chi connectivity index (χ1v) is 9.82. The van der Waals surface area contributed by atoms with Crippen LogP contribution in [0.25, 0.3) is 11.3 Å². The molecule has 2 heterocycles. The maximum absolute atomic E-state index is 14.2. The van der Waals surface area contributed by atoms with Crippen molar-refractivity contribution < 1.29 is 22.7 Å². The van der Waals surface area contributed by atoms with Crippen LogP contribution in [0, 0.1) is 17.1 Å². The fraction of sp³-hybridized carbons (Fsp3) is 0.105. The molecule has 0 fully saturated rings. The van der Waals surface area contributed by atoms with E-state index in [1.54, 1.807) is 6.07 Å². The van der Waals surface area contributed by atoms with Crippen molar-refractivity contribution in [2.75, 3.05) is 6.54 Å². The third-order valence-corrected chi connectivity index (χ3v) is 5.80. The first kappa shape index (κ1) is 20.0. The summed E-state index contributed by atoms with van der Waals surface area (Å²) in [5.74, 6) is -0.909. The normalized spacial score (nSPS) is 11.0. The Labute approximate surface area is 165 Å². The number of nitrogens with zero attached hydrogens (tertiary/aromatic N) is 3. The van der Waals surface area contributed by atoms with E-state index in [0.717, 1.165) is 16.1 Å². The Morgan fingerprint density at radius 1 is 1.28 bits per heavy atom. The van der Waals surface area contributed by atoms with Crippen molar-refractivity contribution in [1.82, 2.24) is 14.3 Å². The van der Waals surface area contributed by atoms with Crippen molar-refractivity contribution in [3.8, 4) is 17.3 Å². The number of halogens is 1. The maximum Gasteiger partial charge on any atom is 0.404 e. The van der Waals surface area contributed by atoms with Gasteiger partial charge in [0.1, 0.15) is 22.5 Å². The average molecular weight is 414 g/mol. The van der Waals surface area contributed by atoms with Crippen molar-refractivity contribution >= 4 is 16.1 Å². The van der Waals surface area contributed by atoms with E-state index in [4.69, 9.17) is 5.11 Å². The van der Waals surface area contributed by atoms with Gasteiger partial charge in [-0.05, 0) is 42.3 Å². The molecule has 2 aromatic heterocycles. The molecule has 0 spiro atoms. The molecule has 2 N–H and O–H groups in total. The number of nitrogens with one attached hydrogen (secondary N) is 1. The van der Waals surface area contributed by atoms with Crippen LogP contribution in [-0.4, -0.2) is 35.1 Å². The molecule has 29 heavy (non-hydrogen) atoms. The van der Waals surface area contributed by atoms with E-state index in [1.165, 1.54) is 36.7 Å². The molecule has 1 amide bonds. The summed E-state index contributed by atoms with van der Waals surface area (Å²) < 4.78 is 41.4. The standard InChI is InChI=1S/C19H15FN4O4S/c20-15-5-1-2-6-18(15)29(27,28)24-12-13(7-9-23-19(25)26)10-17(24)14-4-3-8-22-16(14)11-21/h1-6,8,10,12,23H,7,9H2,(H,25,26). The van der Waals surface area contributed by atoms with Gasteiger partial charge in [-0.15, -0.1) is 0 Å². The minimum absolute atomic E-state index is 0.00537. The van der Waals surface area contributed by atoms with Gasteiger partial charge in [0, 0.05) is 24.5 Å². The summed E-state index contributed by atoms with van der Waals surface area (Å²) in [6, 6.07) is 11.5. The number of carboxylic acid groups (broad SMARTS) is 1. The zero-order chi connectivity index (χ0) is 21.0. The number of hydrogen-bond donors (Lipinski definition) is 2. The Morgan fingerprint density at radius 2 is 2.03 bits per heavy atom. The molecule has 1 aromatic carbocycles. The van der Waals surface area contributed by atoms with Gasteiger partial charge in [0.2, 0.25) is 0 Å². The van der Waals surface area contributed by atoms with Gasteiger partial charge >= 0.3 is 6.09 Å². The van der Waals surface area contributed by atoms with E-state index in [9.17, 15) is 22.9 Å². The average Bonchev–Trinajstić information content (AvgIpc) is 3.12. The van der Waals surface area contributed by atoms with Crippen molar-refractivity contribution in [2.45, 2.75) is 11.3 Å². The Balaban J connectivity index is 2.17. The molecule has 8 nitrogen and oxygen atoms in total. The van der Waals surface area contributed by atoms with Crippen molar-refractivity contribution in [3.05, 3.63) is 71.9 Å². The minimum Gasteiger partial charge on any atom is -0.465 e. The minimum atomic E-state index is -4.33. The number of hydrogen-bond acceptors (Lipinski definition) is 5. The maximum atomic E-state index is 14.2. The van der Waals surface area contributed by atoms with Crippen LogP contribution in [0.4, 0.5) is 9.18 Å². The lowest BCUT2D eigenvalue weighted by molar-refractivity contribution is 0.194. The van der Waals surface area contributed by atoms with Crippen LogP contribution >= 0.6 is 0 Å². The summed E-state index contributed by atoms with van der Waals surface area (Å²) in [4.78, 5) is 14.1. The van der Waals surface area contributed by atoms with Gasteiger partial charge in [-0.3, -0.25) is 0 Å². The number of pyridine rings is 1. The second kappa shape index (κ2) is 8.12. The van der Waals surface area contributed by atoms with Crippen LogP contribution in [0.3, 0.4) is 0 Å². The smallest absolute Gasteiger partial charge is 0.404 e. The molecule has 148 valence electrons. The summed E-state index contributed by atoms with van der Waals surface area (Å²) in [6.45, 7) is 0.0523. The van der Waals surface area contributed by atoms with Crippen LogP contribution in [0.15, 0.2) is 59.8 Å². The molecule has 0 aliphatic heterocycles. The zero-order valence-electron chi connectivity index (χ0n) is 14.9. The van der Waals surface area contributed by atoms with Crippen molar-refractivity contribution in [1.29, 1.82) is 5.26 Å². The molecule has 3 aromatic rings. The van der Waals surface area contributed by atoms with Crippen LogP contribution in [0.5, 0.6) is 0 Å². The molecule has 0 atom stereocenters. The highest BCUT2D eigenvalue weighted by Gasteiger charge is 2.25. The highest BCUT2D eigenvalue weighted by Crippen LogP contribution is 2.29. The topological polar surface area (TPSA) is 125 Å². The van der Waals surface area contributed by atoms with Gasteiger partial charge in [0.05, 0.1) is 5.69 Å². The molecule has 0 bridgehead atoms. The molecule has 0 aliphatic rings. The van der Waals surface area contributed by atoms with Crippen LogP contribution in [-0.2, 0) is 16.4 Å². The van der Waals surface area contributed by atoms with Crippen molar-refractivity contribution in [2.24, 2.45) is 0 Å². The predicted octanol–water partition coefficient (Wildman–Crippen LogP) is 2.61. The molecule has 3 rings (SSSR count). The lowest BCUT2D eigenvalue weighted by Crippen LogP contribution is -2.23. The van der Waals surface area contributed by atoms with Gasteiger partial charge < -0.3 is 10.4 Å². The first-order chi connectivity index (χ1) is 13.8. The number of aromatic nitrogens is 2. The number of amides is 1. The SMILES string of the molecule is N#Cc1ncccc1-c1cc(CCNC(=O)O)cn1S(=O)(=O)c1ccccc1F. The third-order valence-electron chi connectivity index (χ3n) is 4.10. The Morgan fingerprint density at radius 3 is 2.72 bits per heavy atom. The number of carbonyl (C=O) groups is 1. The first-order valence-electron chi connectivity index (χ1n) is 8.38. The van der Waals surface area contributed by atoms with E-state index in [2.05, 4.69) is 10.3 Å². The lowest BCUT2D eigenvalue weighted by Gasteiger charge is -2.11. The van der Waals surface area contributed by atoms with Crippen LogP contribution in [0.2, 0.25) is 0 Å². The van der Waals surface area contributed by atoms with E-state index in [1.807, 2.05) is 6.07 Å². The molecular weight excluding hydrogens is 399 g/mol. The lowest BCUT2D eigenvalue weighted by atomic mass is 10.1.